The largest absolute Gasteiger partial charge is 0.492 e. The highest BCUT2D eigenvalue weighted by atomic mass is 35.5. The first-order valence-corrected chi connectivity index (χ1v) is 10.1. The lowest BCUT2D eigenvalue weighted by molar-refractivity contribution is 0.0909. The third-order valence-electron chi connectivity index (χ3n) is 4.88. The van der Waals surface area contributed by atoms with Crippen LogP contribution in [0.15, 0.2) is 65.3 Å². The molecule has 0 unspecified atom stereocenters. The molecule has 1 amide bonds. The van der Waals surface area contributed by atoms with Gasteiger partial charge in [-0.25, -0.2) is 4.98 Å². The van der Waals surface area contributed by atoms with Gasteiger partial charge in [-0.05, 0) is 61.9 Å². The monoisotopic (exact) mass is 423 g/mol. The normalized spacial score (nSPS) is 12.1. The van der Waals surface area contributed by atoms with Crippen molar-refractivity contribution in [1.82, 2.24) is 14.9 Å². The minimum atomic E-state index is -0.312. The van der Waals surface area contributed by atoms with Gasteiger partial charge in [-0.2, -0.15) is 0 Å². The molecule has 30 heavy (non-hydrogen) atoms. The highest BCUT2D eigenvalue weighted by Gasteiger charge is 2.20. The summed E-state index contributed by atoms with van der Waals surface area (Å²) in [4.78, 5) is 17.1. The number of nitrogens with zero attached hydrogens (tertiary/aromatic N) is 2. The van der Waals surface area contributed by atoms with Gasteiger partial charge in [-0.3, -0.25) is 4.79 Å². The summed E-state index contributed by atoms with van der Waals surface area (Å²) in [6, 6.07) is 16.5. The second kappa shape index (κ2) is 8.63. The molecule has 0 fully saturated rings. The zero-order chi connectivity index (χ0) is 21.1. The number of aromatic nitrogens is 2. The molecule has 0 spiro atoms. The van der Waals surface area contributed by atoms with Crippen molar-refractivity contribution < 1.29 is 13.9 Å². The Morgan fingerprint density at radius 2 is 2.07 bits per heavy atom. The van der Waals surface area contributed by atoms with Gasteiger partial charge in [-0.15, -0.1) is 0 Å². The maximum atomic E-state index is 12.4. The van der Waals surface area contributed by atoms with Crippen LogP contribution in [0.2, 0.25) is 5.02 Å². The van der Waals surface area contributed by atoms with Crippen LogP contribution in [0, 0.1) is 6.92 Å². The summed E-state index contributed by atoms with van der Waals surface area (Å²) in [5, 5.41) is 3.66. The molecule has 4 rings (SSSR count). The van der Waals surface area contributed by atoms with Gasteiger partial charge >= 0.3 is 0 Å². The number of para-hydroxylation sites is 2. The summed E-state index contributed by atoms with van der Waals surface area (Å²) in [6.07, 6.45) is 1.48. The Morgan fingerprint density at radius 3 is 2.83 bits per heavy atom. The summed E-state index contributed by atoms with van der Waals surface area (Å²) >= 11 is 6.09. The lowest BCUT2D eigenvalue weighted by atomic mass is 10.2. The van der Waals surface area contributed by atoms with Gasteiger partial charge in [0, 0.05) is 5.02 Å². The predicted molar refractivity (Wildman–Crippen MR) is 116 cm³/mol. The van der Waals surface area contributed by atoms with E-state index >= 15 is 0 Å². The molecule has 2 heterocycles. The highest BCUT2D eigenvalue weighted by molar-refractivity contribution is 6.31. The van der Waals surface area contributed by atoms with E-state index in [4.69, 9.17) is 25.7 Å². The van der Waals surface area contributed by atoms with Crippen molar-refractivity contribution in [3.8, 4) is 5.75 Å². The summed E-state index contributed by atoms with van der Waals surface area (Å²) in [6.45, 7) is 4.88. The van der Waals surface area contributed by atoms with Crippen molar-refractivity contribution in [3.05, 3.63) is 83.0 Å². The second-order valence-corrected chi connectivity index (χ2v) is 7.45. The standard InChI is InChI=1S/C23H22ClN3O3/c1-15-14-17(9-10-18(15)24)29-13-11-27-20-7-4-3-6-19(20)26-22(27)16(2)25-23(28)21-8-5-12-30-21/h3-10,12,14,16H,11,13H2,1-2H3,(H,25,28)/t16-/m0/s1. The van der Waals surface area contributed by atoms with E-state index in [0.29, 0.717) is 18.2 Å². The van der Waals surface area contributed by atoms with Crippen molar-refractivity contribution in [3.63, 3.8) is 0 Å². The summed E-state index contributed by atoms with van der Waals surface area (Å²) in [5.74, 6) is 1.51. The number of hydrogen-bond acceptors (Lipinski definition) is 4. The number of nitrogens with one attached hydrogen (secondary N) is 1. The van der Waals surface area contributed by atoms with Crippen LogP contribution in [0.25, 0.3) is 11.0 Å². The molecule has 6 nitrogen and oxygen atoms in total. The quantitative estimate of drug-likeness (QED) is 0.445. The average molecular weight is 424 g/mol. The van der Waals surface area contributed by atoms with Crippen molar-refractivity contribution in [1.29, 1.82) is 0 Å². The molecule has 7 heteroatoms. The summed E-state index contributed by atoms with van der Waals surface area (Å²) in [7, 11) is 0. The Labute approximate surface area is 179 Å². The summed E-state index contributed by atoms with van der Waals surface area (Å²) in [5.41, 5.74) is 2.83. The van der Waals surface area contributed by atoms with Crippen molar-refractivity contribution >= 4 is 28.5 Å². The van der Waals surface area contributed by atoms with Crippen LogP contribution in [0.4, 0.5) is 0 Å². The molecule has 154 valence electrons. The van der Waals surface area contributed by atoms with Gasteiger partial charge in [0.25, 0.3) is 5.91 Å². The number of furan rings is 1. The van der Waals surface area contributed by atoms with Crippen molar-refractivity contribution in [2.24, 2.45) is 0 Å². The SMILES string of the molecule is Cc1cc(OCCn2c([C@H](C)NC(=O)c3ccco3)nc3ccccc32)ccc1Cl. The summed E-state index contributed by atoms with van der Waals surface area (Å²) < 4.78 is 13.2. The molecule has 0 aliphatic rings. The first-order chi connectivity index (χ1) is 14.5. The van der Waals surface area contributed by atoms with Crippen LogP contribution in [0.1, 0.15) is 34.9 Å². The Balaban J connectivity index is 1.53. The average Bonchev–Trinajstić information content (AvgIpc) is 3.39. The van der Waals surface area contributed by atoms with E-state index in [9.17, 15) is 4.79 Å². The number of carbonyl (C=O) groups excluding carboxylic acids is 1. The van der Waals surface area contributed by atoms with E-state index in [1.54, 1.807) is 12.1 Å². The number of ether oxygens (including phenoxy) is 1. The zero-order valence-electron chi connectivity index (χ0n) is 16.8. The van der Waals surface area contributed by atoms with Crippen LogP contribution in [-0.2, 0) is 6.54 Å². The molecule has 0 radical (unpaired) electrons. The number of imidazole rings is 1. The molecule has 4 aromatic rings. The minimum Gasteiger partial charge on any atom is -0.492 e. The molecule has 2 aromatic heterocycles. The smallest absolute Gasteiger partial charge is 0.287 e. The van der Waals surface area contributed by atoms with Crippen molar-refractivity contribution in [2.75, 3.05) is 6.61 Å². The van der Waals surface area contributed by atoms with Gasteiger partial charge in [0.1, 0.15) is 18.2 Å². The number of carbonyl (C=O) groups is 1. The fourth-order valence-corrected chi connectivity index (χ4v) is 3.48. The molecular formula is C23H22ClN3O3. The Kier molecular flexibility index (Phi) is 5.77. The Hall–Kier alpha value is -3.25. The molecule has 2 aromatic carbocycles. The number of fused-ring (bicyclic) bond motifs is 1. The van der Waals surface area contributed by atoms with Gasteiger partial charge in [0.2, 0.25) is 0 Å². The van der Waals surface area contributed by atoms with E-state index < -0.39 is 0 Å². The topological polar surface area (TPSA) is 69.3 Å². The van der Waals surface area contributed by atoms with Crippen LogP contribution in [0.3, 0.4) is 0 Å². The van der Waals surface area contributed by atoms with E-state index in [2.05, 4.69) is 9.88 Å². The maximum Gasteiger partial charge on any atom is 0.287 e. The van der Waals surface area contributed by atoms with Crippen LogP contribution in [0.5, 0.6) is 5.75 Å². The molecule has 1 N–H and O–H groups in total. The molecule has 0 aliphatic heterocycles. The molecular weight excluding hydrogens is 402 g/mol. The second-order valence-electron chi connectivity index (χ2n) is 7.04. The highest BCUT2D eigenvalue weighted by Crippen LogP contribution is 2.23. The molecule has 0 saturated carbocycles. The number of hydrogen-bond donors (Lipinski definition) is 1. The van der Waals surface area contributed by atoms with E-state index in [-0.39, 0.29) is 17.7 Å². The molecule has 1 atom stereocenters. The Morgan fingerprint density at radius 1 is 1.23 bits per heavy atom. The van der Waals surface area contributed by atoms with Gasteiger partial charge in [0.15, 0.2) is 5.76 Å². The predicted octanol–water partition coefficient (Wildman–Crippen LogP) is 5.16. The molecule has 0 aliphatic carbocycles. The van der Waals surface area contributed by atoms with E-state index in [0.717, 1.165) is 28.2 Å². The number of aryl methyl sites for hydroxylation is 1. The first-order valence-electron chi connectivity index (χ1n) is 9.71. The third kappa shape index (κ3) is 4.19. The Bertz CT molecular complexity index is 1170. The van der Waals surface area contributed by atoms with E-state index in [1.807, 2.05) is 56.3 Å². The lowest BCUT2D eigenvalue weighted by Crippen LogP contribution is -2.28. The number of amides is 1. The van der Waals surface area contributed by atoms with Crippen LogP contribution >= 0.6 is 11.6 Å². The zero-order valence-corrected chi connectivity index (χ0v) is 17.5. The van der Waals surface area contributed by atoms with E-state index in [1.165, 1.54) is 6.26 Å². The van der Waals surface area contributed by atoms with Gasteiger partial charge in [0.05, 0.1) is 29.9 Å². The molecule has 0 bridgehead atoms. The number of halogens is 1. The van der Waals surface area contributed by atoms with Gasteiger partial charge in [-0.1, -0.05) is 23.7 Å². The lowest BCUT2D eigenvalue weighted by Gasteiger charge is -2.16. The number of benzene rings is 2. The van der Waals surface area contributed by atoms with Crippen LogP contribution < -0.4 is 10.1 Å². The third-order valence-corrected chi connectivity index (χ3v) is 5.30. The first kappa shape index (κ1) is 20.0. The fourth-order valence-electron chi connectivity index (χ4n) is 3.36. The van der Waals surface area contributed by atoms with Crippen molar-refractivity contribution in [2.45, 2.75) is 26.4 Å². The molecule has 0 saturated heterocycles. The fraction of sp³-hybridized carbons (Fsp3) is 0.217. The number of rotatable bonds is 7. The van der Waals surface area contributed by atoms with Gasteiger partial charge < -0.3 is 19.0 Å². The van der Waals surface area contributed by atoms with Crippen LogP contribution in [-0.4, -0.2) is 22.1 Å². The minimum absolute atomic E-state index is 0.269. The maximum absolute atomic E-state index is 12.4.